The molecule has 3 amide bonds. The molecular formula is C23H24FN3O3. The predicted molar refractivity (Wildman–Crippen MR) is 111 cm³/mol. The van der Waals surface area contributed by atoms with Crippen LogP contribution in [0.15, 0.2) is 48.5 Å². The van der Waals surface area contributed by atoms with Gasteiger partial charge in [0.2, 0.25) is 5.91 Å². The second-order valence-corrected chi connectivity index (χ2v) is 7.62. The van der Waals surface area contributed by atoms with Crippen LogP contribution in [0.4, 0.5) is 10.1 Å². The van der Waals surface area contributed by atoms with Gasteiger partial charge in [0.15, 0.2) is 0 Å². The minimum absolute atomic E-state index is 0.0558. The molecule has 2 saturated heterocycles. The topological polar surface area (TPSA) is 60.9 Å². The third-order valence-electron chi connectivity index (χ3n) is 5.65. The third kappa shape index (κ3) is 4.06. The van der Waals surface area contributed by atoms with Gasteiger partial charge in [-0.2, -0.15) is 0 Å². The summed E-state index contributed by atoms with van der Waals surface area (Å²) >= 11 is 0. The number of carbonyl (C=O) groups excluding carboxylic acids is 3. The van der Waals surface area contributed by atoms with Gasteiger partial charge in [0, 0.05) is 50.4 Å². The van der Waals surface area contributed by atoms with E-state index in [-0.39, 0.29) is 23.3 Å². The van der Waals surface area contributed by atoms with Crippen molar-refractivity contribution in [2.45, 2.75) is 19.3 Å². The highest BCUT2D eigenvalue weighted by Crippen LogP contribution is 2.23. The van der Waals surface area contributed by atoms with Crippen LogP contribution in [0.25, 0.3) is 0 Å². The number of benzene rings is 2. The summed E-state index contributed by atoms with van der Waals surface area (Å²) < 4.78 is 14.0. The van der Waals surface area contributed by atoms with Crippen molar-refractivity contribution in [1.82, 2.24) is 9.80 Å². The van der Waals surface area contributed by atoms with E-state index in [9.17, 15) is 18.8 Å². The molecule has 0 radical (unpaired) electrons. The molecule has 2 aliphatic heterocycles. The second kappa shape index (κ2) is 8.65. The van der Waals surface area contributed by atoms with Gasteiger partial charge >= 0.3 is 0 Å². The van der Waals surface area contributed by atoms with Crippen molar-refractivity contribution in [3.05, 3.63) is 65.5 Å². The number of carbonyl (C=O) groups is 3. The SMILES string of the molecule is O=C(c1cccc(N2CCCC2=O)c1)N1CCCN(C(=O)c2ccccc2F)CC1. The highest BCUT2D eigenvalue weighted by molar-refractivity contribution is 5.99. The molecule has 0 unspecified atom stereocenters. The summed E-state index contributed by atoms with van der Waals surface area (Å²) in [6.45, 7) is 2.40. The zero-order valence-corrected chi connectivity index (χ0v) is 16.7. The fourth-order valence-electron chi connectivity index (χ4n) is 4.04. The lowest BCUT2D eigenvalue weighted by molar-refractivity contribution is -0.117. The van der Waals surface area contributed by atoms with Crippen molar-refractivity contribution >= 4 is 23.4 Å². The van der Waals surface area contributed by atoms with E-state index in [1.54, 1.807) is 45.0 Å². The molecule has 6 nitrogen and oxygen atoms in total. The molecule has 7 heteroatoms. The number of halogens is 1. The van der Waals surface area contributed by atoms with Crippen LogP contribution in [-0.2, 0) is 4.79 Å². The predicted octanol–water partition coefficient (Wildman–Crippen LogP) is 2.94. The first-order valence-electron chi connectivity index (χ1n) is 10.3. The van der Waals surface area contributed by atoms with Crippen molar-refractivity contribution < 1.29 is 18.8 Å². The molecule has 2 heterocycles. The highest BCUT2D eigenvalue weighted by atomic mass is 19.1. The van der Waals surface area contributed by atoms with Crippen molar-refractivity contribution in [3.63, 3.8) is 0 Å². The molecular weight excluding hydrogens is 385 g/mol. The molecule has 0 bridgehead atoms. The van der Waals surface area contributed by atoms with Crippen LogP contribution >= 0.6 is 0 Å². The maximum Gasteiger partial charge on any atom is 0.256 e. The van der Waals surface area contributed by atoms with E-state index in [2.05, 4.69) is 0 Å². The Hall–Kier alpha value is -3.22. The van der Waals surface area contributed by atoms with E-state index in [0.717, 1.165) is 12.1 Å². The highest BCUT2D eigenvalue weighted by Gasteiger charge is 2.26. The minimum Gasteiger partial charge on any atom is -0.337 e. The van der Waals surface area contributed by atoms with Crippen molar-refractivity contribution in [2.75, 3.05) is 37.6 Å². The van der Waals surface area contributed by atoms with Gasteiger partial charge in [0.1, 0.15) is 5.82 Å². The van der Waals surface area contributed by atoms with Gasteiger partial charge in [-0.25, -0.2) is 4.39 Å². The normalized spacial score (nSPS) is 17.2. The third-order valence-corrected chi connectivity index (χ3v) is 5.65. The summed E-state index contributed by atoms with van der Waals surface area (Å²) in [6, 6.07) is 13.1. The van der Waals surface area contributed by atoms with Gasteiger partial charge in [0.05, 0.1) is 5.56 Å². The van der Waals surface area contributed by atoms with E-state index >= 15 is 0 Å². The van der Waals surface area contributed by atoms with Gasteiger partial charge in [-0.05, 0) is 43.2 Å². The molecule has 30 heavy (non-hydrogen) atoms. The average molecular weight is 409 g/mol. The fraction of sp³-hybridized carbons (Fsp3) is 0.348. The lowest BCUT2D eigenvalue weighted by Gasteiger charge is -2.23. The van der Waals surface area contributed by atoms with Gasteiger partial charge in [-0.3, -0.25) is 14.4 Å². The zero-order valence-electron chi connectivity index (χ0n) is 16.7. The Morgan fingerprint density at radius 1 is 0.800 bits per heavy atom. The Kier molecular flexibility index (Phi) is 5.79. The van der Waals surface area contributed by atoms with E-state index in [4.69, 9.17) is 0 Å². The Morgan fingerprint density at radius 2 is 1.53 bits per heavy atom. The maximum absolute atomic E-state index is 14.0. The van der Waals surface area contributed by atoms with E-state index in [0.29, 0.717) is 51.1 Å². The van der Waals surface area contributed by atoms with Crippen LogP contribution < -0.4 is 4.90 Å². The van der Waals surface area contributed by atoms with Crippen molar-refractivity contribution in [2.24, 2.45) is 0 Å². The molecule has 2 aliphatic rings. The molecule has 0 aromatic heterocycles. The van der Waals surface area contributed by atoms with Crippen LogP contribution in [0.5, 0.6) is 0 Å². The van der Waals surface area contributed by atoms with Crippen LogP contribution in [-0.4, -0.2) is 60.2 Å². The maximum atomic E-state index is 14.0. The summed E-state index contributed by atoms with van der Waals surface area (Å²) in [4.78, 5) is 42.8. The number of hydrogen-bond donors (Lipinski definition) is 0. The van der Waals surface area contributed by atoms with Crippen LogP contribution in [0.2, 0.25) is 0 Å². The Balaban J connectivity index is 1.44. The standard InChI is InChI=1S/C23H24FN3O3/c24-20-9-2-1-8-19(20)23(30)26-12-5-11-25(14-15-26)22(29)17-6-3-7-18(16-17)27-13-4-10-21(27)28/h1-3,6-9,16H,4-5,10-15H2. The second-order valence-electron chi connectivity index (χ2n) is 7.62. The lowest BCUT2D eigenvalue weighted by Crippen LogP contribution is -2.37. The molecule has 4 rings (SSSR count). The molecule has 2 fully saturated rings. The van der Waals surface area contributed by atoms with E-state index in [1.165, 1.54) is 12.1 Å². The van der Waals surface area contributed by atoms with Gasteiger partial charge in [-0.15, -0.1) is 0 Å². The monoisotopic (exact) mass is 409 g/mol. The summed E-state index contributed by atoms with van der Waals surface area (Å²) in [5.74, 6) is -0.926. The van der Waals surface area contributed by atoms with E-state index < -0.39 is 5.82 Å². The van der Waals surface area contributed by atoms with Crippen LogP contribution in [0, 0.1) is 5.82 Å². The van der Waals surface area contributed by atoms with Gasteiger partial charge < -0.3 is 14.7 Å². The average Bonchev–Trinajstić information content (AvgIpc) is 3.04. The molecule has 0 atom stereocenters. The molecule has 0 N–H and O–H groups in total. The number of anilines is 1. The molecule has 156 valence electrons. The Labute approximate surface area is 174 Å². The lowest BCUT2D eigenvalue weighted by atomic mass is 10.1. The molecule has 0 saturated carbocycles. The summed E-state index contributed by atoms with van der Waals surface area (Å²) in [5, 5.41) is 0. The number of nitrogens with zero attached hydrogens (tertiary/aromatic N) is 3. The van der Waals surface area contributed by atoms with Gasteiger partial charge in [-0.1, -0.05) is 18.2 Å². The summed E-state index contributed by atoms with van der Waals surface area (Å²) in [5.41, 5.74) is 1.33. The quantitative estimate of drug-likeness (QED) is 0.783. The number of amides is 3. The van der Waals surface area contributed by atoms with E-state index in [1.807, 2.05) is 6.07 Å². The first-order valence-corrected chi connectivity index (χ1v) is 10.3. The smallest absolute Gasteiger partial charge is 0.256 e. The largest absolute Gasteiger partial charge is 0.337 e. The van der Waals surface area contributed by atoms with Gasteiger partial charge in [0.25, 0.3) is 11.8 Å². The number of rotatable bonds is 3. The first kappa shape index (κ1) is 20.1. The zero-order chi connectivity index (χ0) is 21.1. The first-order chi connectivity index (χ1) is 14.5. The van der Waals surface area contributed by atoms with Crippen molar-refractivity contribution in [1.29, 1.82) is 0 Å². The van der Waals surface area contributed by atoms with Crippen LogP contribution in [0.3, 0.4) is 0 Å². The molecule has 2 aromatic rings. The Bertz CT molecular complexity index is 978. The van der Waals surface area contributed by atoms with Crippen LogP contribution in [0.1, 0.15) is 40.0 Å². The van der Waals surface area contributed by atoms with Crippen molar-refractivity contribution in [3.8, 4) is 0 Å². The molecule has 0 spiro atoms. The fourth-order valence-corrected chi connectivity index (χ4v) is 4.04. The summed E-state index contributed by atoms with van der Waals surface area (Å²) in [7, 11) is 0. The Morgan fingerprint density at radius 3 is 2.23 bits per heavy atom. The molecule has 2 aromatic carbocycles. The minimum atomic E-state index is -0.534. The summed E-state index contributed by atoms with van der Waals surface area (Å²) in [6.07, 6.45) is 1.99. The molecule has 0 aliphatic carbocycles. The number of hydrogen-bond acceptors (Lipinski definition) is 3.